The maximum absolute atomic E-state index is 13.4. The molecule has 39 heavy (non-hydrogen) atoms. The number of rotatable bonds is 6. The SMILES string of the molecule is NC(=O)N[C@@H]1CC[C@H](N2CCC(NC(=O)c3cccc(C(F)(F)F)c3)C2=O)[C@H](C(c2ccccc2)=S(=O)=O)C1. The third-order valence-electron chi connectivity index (χ3n) is 7.13. The molecule has 2 fully saturated rings. The normalized spacial score (nSPS) is 23.3. The quantitative estimate of drug-likeness (QED) is 0.365. The lowest BCUT2D eigenvalue weighted by molar-refractivity contribution is -0.137. The van der Waals surface area contributed by atoms with E-state index in [2.05, 4.69) is 10.6 Å². The molecule has 208 valence electrons. The fraction of sp³-hybridized carbons (Fsp3) is 0.385. The molecular formula is C26H27F3N4O5S. The molecule has 2 aromatic carbocycles. The van der Waals surface area contributed by atoms with Gasteiger partial charge in [0.1, 0.15) is 6.04 Å². The van der Waals surface area contributed by atoms with Crippen LogP contribution < -0.4 is 16.4 Å². The molecule has 0 bridgehead atoms. The lowest BCUT2D eigenvalue weighted by Crippen LogP contribution is -2.54. The van der Waals surface area contributed by atoms with Gasteiger partial charge in [0.15, 0.2) is 0 Å². The maximum Gasteiger partial charge on any atom is 0.416 e. The average Bonchev–Trinajstić information content (AvgIpc) is 3.23. The molecule has 0 aromatic heterocycles. The zero-order valence-electron chi connectivity index (χ0n) is 20.6. The molecule has 0 radical (unpaired) electrons. The number of amides is 4. The van der Waals surface area contributed by atoms with Crippen LogP contribution in [-0.2, 0) is 21.3 Å². The first-order chi connectivity index (χ1) is 18.5. The highest BCUT2D eigenvalue weighted by Crippen LogP contribution is 2.34. The van der Waals surface area contributed by atoms with E-state index in [0.717, 1.165) is 18.2 Å². The molecule has 1 saturated heterocycles. The van der Waals surface area contributed by atoms with E-state index in [0.29, 0.717) is 18.4 Å². The molecular weight excluding hydrogens is 537 g/mol. The van der Waals surface area contributed by atoms with Gasteiger partial charge in [0.05, 0.1) is 10.4 Å². The van der Waals surface area contributed by atoms with Gasteiger partial charge in [0, 0.05) is 30.1 Å². The predicted octanol–water partition coefficient (Wildman–Crippen LogP) is 2.34. The zero-order chi connectivity index (χ0) is 28.3. The first-order valence-electron chi connectivity index (χ1n) is 12.3. The first-order valence-corrected chi connectivity index (χ1v) is 13.4. The number of nitrogens with zero attached hydrogens (tertiary/aromatic N) is 1. The number of nitrogens with one attached hydrogen (secondary N) is 2. The molecule has 13 heteroatoms. The van der Waals surface area contributed by atoms with Crippen molar-refractivity contribution in [1.29, 1.82) is 0 Å². The Morgan fingerprint density at radius 1 is 0.949 bits per heavy atom. The second-order valence-electron chi connectivity index (χ2n) is 9.58. The molecule has 1 aliphatic heterocycles. The molecule has 2 aliphatic rings. The fourth-order valence-electron chi connectivity index (χ4n) is 5.42. The summed E-state index contributed by atoms with van der Waals surface area (Å²) in [4.78, 5) is 39.2. The number of halogens is 3. The van der Waals surface area contributed by atoms with Crippen molar-refractivity contribution in [3.05, 3.63) is 71.3 Å². The summed E-state index contributed by atoms with van der Waals surface area (Å²) in [5, 5.41) is 5.16. The fourth-order valence-corrected chi connectivity index (χ4v) is 6.25. The van der Waals surface area contributed by atoms with E-state index in [1.54, 1.807) is 30.3 Å². The van der Waals surface area contributed by atoms with Gasteiger partial charge in [0.2, 0.25) is 16.2 Å². The number of alkyl halides is 3. The van der Waals surface area contributed by atoms with Crippen LogP contribution in [-0.4, -0.2) is 60.7 Å². The van der Waals surface area contributed by atoms with Gasteiger partial charge in [-0.2, -0.15) is 21.6 Å². The highest BCUT2D eigenvalue weighted by molar-refractivity contribution is 7.73. The molecule has 1 unspecified atom stereocenters. The van der Waals surface area contributed by atoms with Crippen molar-refractivity contribution in [2.45, 2.75) is 50.0 Å². The van der Waals surface area contributed by atoms with E-state index in [4.69, 9.17) is 5.73 Å². The second-order valence-corrected chi connectivity index (χ2v) is 10.5. The third kappa shape index (κ3) is 6.41. The van der Waals surface area contributed by atoms with Crippen LogP contribution in [0.2, 0.25) is 0 Å². The van der Waals surface area contributed by atoms with Gasteiger partial charge in [-0.05, 0) is 49.4 Å². The maximum atomic E-state index is 13.4. The van der Waals surface area contributed by atoms with Crippen molar-refractivity contribution in [3.63, 3.8) is 0 Å². The van der Waals surface area contributed by atoms with Crippen molar-refractivity contribution in [3.8, 4) is 0 Å². The van der Waals surface area contributed by atoms with Crippen LogP contribution in [0.25, 0.3) is 0 Å². The molecule has 1 heterocycles. The Bertz CT molecular complexity index is 1390. The number of hydrogen-bond acceptors (Lipinski definition) is 5. The summed E-state index contributed by atoms with van der Waals surface area (Å²) in [6.45, 7) is 0.217. The minimum absolute atomic E-state index is 0.0980. The summed E-state index contributed by atoms with van der Waals surface area (Å²) < 4.78 is 64.1. The molecule has 4 N–H and O–H groups in total. The summed E-state index contributed by atoms with van der Waals surface area (Å²) >= 11 is 0. The van der Waals surface area contributed by atoms with Crippen molar-refractivity contribution in [2.24, 2.45) is 11.7 Å². The highest BCUT2D eigenvalue weighted by Gasteiger charge is 2.44. The van der Waals surface area contributed by atoms with E-state index in [9.17, 15) is 36.0 Å². The summed E-state index contributed by atoms with van der Waals surface area (Å²) in [7, 11) is -2.64. The van der Waals surface area contributed by atoms with Gasteiger partial charge in [-0.3, -0.25) is 9.59 Å². The Labute approximate surface area is 224 Å². The predicted molar refractivity (Wildman–Crippen MR) is 136 cm³/mol. The van der Waals surface area contributed by atoms with Crippen molar-refractivity contribution >= 4 is 33.0 Å². The van der Waals surface area contributed by atoms with Gasteiger partial charge in [-0.15, -0.1) is 0 Å². The van der Waals surface area contributed by atoms with Gasteiger partial charge >= 0.3 is 12.2 Å². The Kier molecular flexibility index (Phi) is 8.28. The van der Waals surface area contributed by atoms with Crippen LogP contribution in [0, 0.1) is 5.92 Å². The zero-order valence-corrected chi connectivity index (χ0v) is 21.5. The largest absolute Gasteiger partial charge is 0.416 e. The summed E-state index contributed by atoms with van der Waals surface area (Å²) in [5.41, 5.74) is 4.55. The monoisotopic (exact) mass is 564 g/mol. The first kappa shape index (κ1) is 28.1. The van der Waals surface area contributed by atoms with Crippen LogP contribution in [0.15, 0.2) is 54.6 Å². The number of likely N-dealkylation sites (tertiary alicyclic amines) is 1. The van der Waals surface area contributed by atoms with Crippen molar-refractivity contribution in [2.75, 3.05) is 6.54 Å². The van der Waals surface area contributed by atoms with Crippen LogP contribution in [0.5, 0.6) is 0 Å². The number of urea groups is 1. The Morgan fingerprint density at radius 3 is 2.28 bits per heavy atom. The summed E-state index contributed by atoms with van der Waals surface area (Å²) in [6, 6.07) is 9.68. The third-order valence-corrected chi connectivity index (χ3v) is 8.03. The van der Waals surface area contributed by atoms with Crippen LogP contribution in [0.1, 0.15) is 47.2 Å². The van der Waals surface area contributed by atoms with Crippen molar-refractivity contribution < 1.29 is 36.0 Å². The van der Waals surface area contributed by atoms with Gasteiger partial charge < -0.3 is 21.3 Å². The summed E-state index contributed by atoms with van der Waals surface area (Å²) in [5.74, 6) is -1.93. The molecule has 1 aliphatic carbocycles. The molecule has 4 rings (SSSR count). The number of carbonyl (C=O) groups is 3. The van der Waals surface area contributed by atoms with E-state index in [1.807, 2.05) is 0 Å². The number of nitrogens with two attached hydrogens (primary N) is 1. The molecule has 1 saturated carbocycles. The van der Waals surface area contributed by atoms with Crippen LogP contribution >= 0.6 is 0 Å². The lowest BCUT2D eigenvalue weighted by atomic mass is 9.77. The van der Waals surface area contributed by atoms with E-state index >= 15 is 0 Å². The van der Waals surface area contributed by atoms with E-state index in [1.165, 1.54) is 11.0 Å². The highest BCUT2D eigenvalue weighted by atomic mass is 32.2. The minimum atomic E-state index is -4.62. The van der Waals surface area contributed by atoms with Gasteiger partial charge in [-0.25, -0.2) is 4.79 Å². The second kappa shape index (κ2) is 11.5. The van der Waals surface area contributed by atoms with Gasteiger partial charge in [-0.1, -0.05) is 36.4 Å². The Balaban J connectivity index is 1.57. The number of carbonyl (C=O) groups excluding carboxylic acids is 3. The Morgan fingerprint density at radius 2 is 1.64 bits per heavy atom. The lowest BCUT2D eigenvalue weighted by Gasteiger charge is -2.41. The average molecular weight is 565 g/mol. The molecule has 4 atom stereocenters. The van der Waals surface area contributed by atoms with E-state index < -0.39 is 63.9 Å². The molecule has 2 aromatic rings. The molecule has 0 spiro atoms. The minimum Gasteiger partial charge on any atom is -0.352 e. The topological polar surface area (TPSA) is 139 Å². The number of primary amides is 1. The van der Waals surface area contributed by atoms with Crippen molar-refractivity contribution in [1.82, 2.24) is 15.5 Å². The Hall–Kier alpha value is -3.87. The number of hydrogen-bond donors (Lipinski definition) is 3. The van der Waals surface area contributed by atoms with E-state index in [-0.39, 0.29) is 29.8 Å². The molecule has 4 amide bonds. The number of benzene rings is 2. The standard InChI is InChI=1S/C26H27F3N4O5S/c27-26(28,29)17-8-4-7-16(13-17)23(34)32-20-11-12-33(24(20)35)21-10-9-18(31-25(30)36)14-19(21)22(39(37)38)15-5-2-1-3-6-15/h1-8,13,18-21H,9-12,14H2,(H,32,34)(H3,30,31,36)/t18-,19-,20?,21+/m1/s1. The smallest absolute Gasteiger partial charge is 0.352 e. The van der Waals surface area contributed by atoms with Crippen LogP contribution in [0.4, 0.5) is 18.0 Å². The van der Waals surface area contributed by atoms with Gasteiger partial charge in [0.25, 0.3) is 5.91 Å². The molecule has 9 nitrogen and oxygen atoms in total. The van der Waals surface area contributed by atoms with Crippen LogP contribution in [0.3, 0.4) is 0 Å². The summed E-state index contributed by atoms with van der Waals surface area (Å²) in [6.07, 6.45) is -3.39.